The van der Waals surface area contributed by atoms with Crippen LogP contribution in [0.3, 0.4) is 0 Å². The van der Waals surface area contributed by atoms with Crippen molar-refractivity contribution in [3.8, 4) is 11.1 Å². The van der Waals surface area contributed by atoms with Crippen LogP contribution in [0, 0.1) is 5.92 Å². The minimum Gasteiger partial charge on any atom is -0.481 e. The third-order valence-corrected chi connectivity index (χ3v) is 6.35. The molecule has 0 bridgehead atoms. The van der Waals surface area contributed by atoms with Crippen molar-refractivity contribution in [3.63, 3.8) is 0 Å². The fourth-order valence-electron chi connectivity index (χ4n) is 4.33. The molecule has 0 saturated heterocycles. The van der Waals surface area contributed by atoms with Crippen LogP contribution in [0.1, 0.15) is 50.7 Å². The Morgan fingerprint density at radius 3 is 2.14 bits per heavy atom. The largest absolute Gasteiger partial charge is 0.481 e. The molecular weight excluding hydrogens is 448 g/mol. The molecule has 8 nitrogen and oxygen atoms in total. The van der Waals surface area contributed by atoms with Crippen molar-refractivity contribution < 1.29 is 29.0 Å². The number of methoxy groups -OCH3 is 1. The first kappa shape index (κ1) is 26.2. The Morgan fingerprint density at radius 1 is 1.03 bits per heavy atom. The molecule has 2 amide bonds. The number of rotatable bonds is 11. The smallest absolute Gasteiger partial charge is 0.407 e. The number of carboxylic acid groups (broad SMARTS) is 1. The van der Waals surface area contributed by atoms with Crippen LogP contribution in [-0.2, 0) is 19.1 Å². The van der Waals surface area contributed by atoms with Gasteiger partial charge in [0.1, 0.15) is 12.6 Å². The minimum absolute atomic E-state index is 0.0612. The zero-order chi connectivity index (χ0) is 25.6. The van der Waals surface area contributed by atoms with Crippen molar-refractivity contribution in [2.24, 2.45) is 5.92 Å². The van der Waals surface area contributed by atoms with Crippen molar-refractivity contribution in [3.05, 3.63) is 59.7 Å². The van der Waals surface area contributed by atoms with E-state index < -0.39 is 29.6 Å². The van der Waals surface area contributed by atoms with Gasteiger partial charge in [0, 0.05) is 32.4 Å². The highest BCUT2D eigenvalue weighted by Gasteiger charge is 2.32. The number of carbonyl (C=O) groups excluding carboxylic acids is 2. The highest BCUT2D eigenvalue weighted by molar-refractivity contribution is 5.86. The van der Waals surface area contributed by atoms with E-state index in [0.717, 1.165) is 22.3 Å². The average Bonchev–Trinajstić information content (AvgIpc) is 3.14. The lowest BCUT2D eigenvalue weighted by Gasteiger charge is -2.28. The molecule has 2 atom stereocenters. The maximum absolute atomic E-state index is 12.9. The summed E-state index contributed by atoms with van der Waals surface area (Å²) < 4.78 is 11.0. The van der Waals surface area contributed by atoms with Crippen molar-refractivity contribution in [1.82, 2.24) is 10.6 Å². The lowest BCUT2D eigenvalue weighted by Crippen LogP contribution is -2.51. The van der Waals surface area contributed by atoms with Gasteiger partial charge in [0.15, 0.2) is 0 Å². The Hall–Kier alpha value is -3.39. The monoisotopic (exact) mass is 482 g/mol. The van der Waals surface area contributed by atoms with Crippen LogP contribution < -0.4 is 10.6 Å². The number of benzene rings is 2. The standard InChI is InChI=1S/C27H34N2O6/c1-17(13-24(30)31)15-28-25(32)23(14-27(2,3)34-4)29-26(33)35-16-22-20-11-7-5-9-18(20)19-10-6-8-12-21(19)22/h5-12,17,22-23H,13-16H2,1-4H3,(H,28,32)(H,29,33)(H,30,31). The maximum atomic E-state index is 12.9. The number of nitrogens with one attached hydrogen (secondary N) is 2. The van der Waals surface area contributed by atoms with Crippen LogP contribution >= 0.6 is 0 Å². The van der Waals surface area contributed by atoms with Crippen LogP contribution in [0.25, 0.3) is 11.1 Å². The van der Waals surface area contributed by atoms with E-state index in [4.69, 9.17) is 14.6 Å². The molecule has 0 saturated carbocycles. The summed E-state index contributed by atoms with van der Waals surface area (Å²) in [5, 5.41) is 14.3. The summed E-state index contributed by atoms with van der Waals surface area (Å²) in [6.07, 6.45) is -0.543. The van der Waals surface area contributed by atoms with Gasteiger partial charge in [0.2, 0.25) is 5.91 Å². The number of carboxylic acids is 1. The molecule has 1 aliphatic rings. The first-order valence-electron chi connectivity index (χ1n) is 11.8. The Bertz CT molecular complexity index is 1020. The van der Waals surface area contributed by atoms with Gasteiger partial charge in [-0.05, 0) is 42.0 Å². The summed E-state index contributed by atoms with van der Waals surface area (Å²) in [5.41, 5.74) is 3.79. The van der Waals surface area contributed by atoms with Crippen molar-refractivity contribution in [2.45, 2.75) is 51.2 Å². The summed E-state index contributed by atoms with van der Waals surface area (Å²) in [7, 11) is 1.54. The molecule has 0 radical (unpaired) electrons. The Kier molecular flexibility index (Phi) is 8.51. The molecule has 0 spiro atoms. The fraction of sp³-hybridized carbons (Fsp3) is 0.444. The summed E-state index contributed by atoms with van der Waals surface area (Å²) in [4.78, 5) is 36.5. The molecule has 2 unspecified atom stereocenters. The van der Waals surface area contributed by atoms with E-state index in [0.29, 0.717) is 0 Å². The minimum atomic E-state index is -0.930. The second-order valence-corrected chi connectivity index (χ2v) is 9.64. The first-order valence-corrected chi connectivity index (χ1v) is 11.8. The molecule has 3 N–H and O–H groups in total. The van der Waals surface area contributed by atoms with Gasteiger partial charge in [-0.2, -0.15) is 0 Å². The van der Waals surface area contributed by atoms with E-state index in [1.807, 2.05) is 50.2 Å². The highest BCUT2D eigenvalue weighted by Crippen LogP contribution is 2.44. The number of carbonyl (C=O) groups is 3. The van der Waals surface area contributed by atoms with Gasteiger partial charge in [-0.15, -0.1) is 0 Å². The van der Waals surface area contributed by atoms with Gasteiger partial charge in [0.05, 0.1) is 5.60 Å². The SMILES string of the molecule is COC(C)(C)CC(NC(=O)OCC1c2ccccc2-c2ccccc21)C(=O)NCC(C)CC(=O)O. The predicted octanol–water partition coefficient (Wildman–Crippen LogP) is 3.94. The van der Waals surface area contributed by atoms with Crippen molar-refractivity contribution >= 4 is 18.0 Å². The second-order valence-electron chi connectivity index (χ2n) is 9.64. The van der Waals surface area contributed by atoms with Gasteiger partial charge < -0.3 is 25.2 Å². The molecule has 1 aliphatic carbocycles. The highest BCUT2D eigenvalue weighted by atomic mass is 16.5. The van der Waals surface area contributed by atoms with Crippen LogP contribution in [0.5, 0.6) is 0 Å². The van der Waals surface area contributed by atoms with Crippen LogP contribution in [0.4, 0.5) is 4.79 Å². The van der Waals surface area contributed by atoms with E-state index >= 15 is 0 Å². The van der Waals surface area contributed by atoms with E-state index in [9.17, 15) is 14.4 Å². The zero-order valence-corrected chi connectivity index (χ0v) is 20.7. The van der Waals surface area contributed by atoms with E-state index in [2.05, 4.69) is 22.8 Å². The van der Waals surface area contributed by atoms with E-state index in [-0.39, 0.29) is 37.8 Å². The number of hydrogen-bond acceptors (Lipinski definition) is 5. The number of ether oxygens (including phenoxy) is 2. The fourth-order valence-corrected chi connectivity index (χ4v) is 4.33. The molecule has 0 aliphatic heterocycles. The first-order chi connectivity index (χ1) is 16.6. The van der Waals surface area contributed by atoms with Crippen LogP contribution in [-0.4, -0.2) is 55.0 Å². The van der Waals surface area contributed by atoms with Gasteiger partial charge in [0.25, 0.3) is 0 Å². The summed E-state index contributed by atoms with van der Waals surface area (Å²) >= 11 is 0. The van der Waals surface area contributed by atoms with Crippen molar-refractivity contribution in [2.75, 3.05) is 20.3 Å². The number of hydrogen-bond donors (Lipinski definition) is 3. The molecule has 188 valence electrons. The quantitative estimate of drug-likeness (QED) is 0.447. The third kappa shape index (κ3) is 6.82. The molecule has 0 aromatic heterocycles. The molecule has 2 aromatic rings. The van der Waals surface area contributed by atoms with E-state index in [1.165, 1.54) is 7.11 Å². The second kappa shape index (κ2) is 11.4. The van der Waals surface area contributed by atoms with Gasteiger partial charge in [-0.1, -0.05) is 55.5 Å². The molecule has 2 aromatic carbocycles. The number of aliphatic carboxylic acids is 1. The van der Waals surface area contributed by atoms with Crippen LogP contribution in [0.15, 0.2) is 48.5 Å². The molecule has 0 fully saturated rings. The van der Waals surface area contributed by atoms with Gasteiger partial charge in [-0.3, -0.25) is 9.59 Å². The Morgan fingerprint density at radius 2 is 1.60 bits per heavy atom. The molecule has 35 heavy (non-hydrogen) atoms. The van der Waals surface area contributed by atoms with Gasteiger partial charge in [-0.25, -0.2) is 4.79 Å². The van der Waals surface area contributed by atoms with Crippen molar-refractivity contribution in [1.29, 1.82) is 0 Å². The molecule has 8 heteroatoms. The zero-order valence-electron chi connectivity index (χ0n) is 20.7. The van der Waals surface area contributed by atoms with E-state index in [1.54, 1.807) is 6.92 Å². The maximum Gasteiger partial charge on any atom is 0.407 e. The summed E-state index contributed by atoms with van der Waals surface area (Å²) in [6.45, 7) is 5.69. The Labute approximate surface area is 206 Å². The van der Waals surface area contributed by atoms with Gasteiger partial charge >= 0.3 is 12.1 Å². The molecule has 0 heterocycles. The lowest BCUT2D eigenvalue weighted by atomic mass is 9.97. The van der Waals surface area contributed by atoms with Crippen LogP contribution in [0.2, 0.25) is 0 Å². The number of alkyl carbamates (subject to hydrolysis) is 1. The number of fused-ring (bicyclic) bond motifs is 3. The third-order valence-electron chi connectivity index (χ3n) is 6.35. The topological polar surface area (TPSA) is 114 Å². The predicted molar refractivity (Wildman–Crippen MR) is 132 cm³/mol. The number of amides is 2. The molecule has 3 rings (SSSR count). The Balaban J connectivity index is 1.65. The summed E-state index contributed by atoms with van der Waals surface area (Å²) in [6, 6.07) is 15.2. The summed E-state index contributed by atoms with van der Waals surface area (Å²) in [5.74, 6) is -1.68. The normalized spacial score (nSPS) is 14.4. The average molecular weight is 483 g/mol. The molecular formula is C27H34N2O6. The lowest BCUT2D eigenvalue weighted by molar-refractivity contribution is -0.138.